The molecule has 2 heterocycles. The van der Waals surface area contributed by atoms with Crippen LogP contribution in [0.25, 0.3) is 0 Å². The number of benzene rings is 3. The first-order valence-electron chi connectivity index (χ1n) is 10.6. The Hall–Kier alpha value is -4.20. The van der Waals surface area contributed by atoms with E-state index in [0.717, 1.165) is 11.1 Å². The second-order valence-corrected chi connectivity index (χ2v) is 8.09. The minimum atomic E-state index is -0.690. The van der Waals surface area contributed by atoms with Crippen LogP contribution in [0.15, 0.2) is 66.7 Å². The van der Waals surface area contributed by atoms with Gasteiger partial charge >= 0.3 is 0 Å². The predicted molar refractivity (Wildman–Crippen MR) is 121 cm³/mol. The van der Waals surface area contributed by atoms with Crippen LogP contribution >= 0.6 is 0 Å². The molecule has 5 rings (SSSR count). The number of ether oxygens (including phenoxy) is 1. The Labute approximate surface area is 189 Å². The molecule has 0 saturated heterocycles. The first-order valence-corrected chi connectivity index (χ1v) is 10.6. The number of hydrogen-bond donors (Lipinski definition) is 1. The van der Waals surface area contributed by atoms with Gasteiger partial charge in [-0.25, -0.2) is 0 Å². The average molecular weight is 443 g/mol. The van der Waals surface area contributed by atoms with Gasteiger partial charge in [-0.05, 0) is 35.2 Å². The maximum Gasteiger partial charge on any atom is 0.271 e. The molecule has 0 fully saturated rings. The standard InChI is InChI=1S/C25H21N3O5/c1-33-21-11-10-16(28(31)32)14-20(21)26-24(29)22-18-8-4-5-9-19(18)25(30)27-13-12-15-6-2-3-7-17(15)23(22)27/h2-11,14,22-23H,12-13H2,1H3,(H,26,29). The summed E-state index contributed by atoms with van der Waals surface area (Å²) in [5.41, 5.74) is 3.24. The molecule has 2 atom stereocenters. The monoisotopic (exact) mass is 443 g/mol. The molecule has 1 N–H and O–H groups in total. The Morgan fingerprint density at radius 3 is 2.58 bits per heavy atom. The van der Waals surface area contributed by atoms with Crippen molar-refractivity contribution in [2.24, 2.45) is 0 Å². The molecule has 2 aliphatic heterocycles. The molecule has 0 radical (unpaired) electrons. The summed E-state index contributed by atoms with van der Waals surface area (Å²) in [6.45, 7) is 0.513. The van der Waals surface area contributed by atoms with E-state index in [0.29, 0.717) is 29.8 Å². The lowest BCUT2D eigenvalue weighted by atomic mass is 9.76. The fourth-order valence-electron chi connectivity index (χ4n) is 4.88. The number of nitrogens with one attached hydrogen (secondary N) is 1. The van der Waals surface area contributed by atoms with Crippen molar-refractivity contribution >= 4 is 23.2 Å². The molecule has 2 aliphatic rings. The number of rotatable bonds is 4. The summed E-state index contributed by atoms with van der Waals surface area (Å²) in [5.74, 6) is -0.832. The third kappa shape index (κ3) is 3.40. The van der Waals surface area contributed by atoms with Gasteiger partial charge in [0.1, 0.15) is 5.75 Å². The van der Waals surface area contributed by atoms with E-state index in [-0.39, 0.29) is 23.2 Å². The highest BCUT2D eigenvalue weighted by atomic mass is 16.6. The molecule has 0 aliphatic carbocycles. The lowest BCUT2D eigenvalue weighted by Gasteiger charge is -2.45. The Balaban J connectivity index is 1.62. The van der Waals surface area contributed by atoms with Gasteiger partial charge in [-0.15, -0.1) is 0 Å². The summed E-state index contributed by atoms with van der Waals surface area (Å²) in [4.78, 5) is 39.6. The smallest absolute Gasteiger partial charge is 0.271 e. The van der Waals surface area contributed by atoms with Gasteiger partial charge in [0, 0.05) is 24.2 Å². The summed E-state index contributed by atoms with van der Waals surface area (Å²) in [7, 11) is 1.44. The maximum absolute atomic E-state index is 13.8. The number of carbonyl (C=O) groups excluding carboxylic acids is 2. The Morgan fingerprint density at radius 2 is 1.82 bits per heavy atom. The number of fused-ring (bicyclic) bond motifs is 4. The number of anilines is 1. The number of nitro groups is 1. The van der Waals surface area contributed by atoms with E-state index in [9.17, 15) is 19.7 Å². The first-order chi connectivity index (χ1) is 16.0. The quantitative estimate of drug-likeness (QED) is 0.484. The van der Waals surface area contributed by atoms with Gasteiger partial charge in [0.25, 0.3) is 11.6 Å². The highest BCUT2D eigenvalue weighted by molar-refractivity contribution is 6.05. The molecule has 0 bridgehead atoms. The number of non-ortho nitro benzene ring substituents is 1. The second-order valence-electron chi connectivity index (χ2n) is 8.09. The molecule has 0 spiro atoms. The van der Waals surface area contributed by atoms with E-state index in [4.69, 9.17) is 4.74 Å². The zero-order valence-electron chi connectivity index (χ0n) is 17.9. The largest absolute Gasteiger partial charge is 0.495 e. The summed E-state index contributed by atoms with van der Waals surface area (Å²) >= 11 is 0. The SMILES string of the molecule is COc1ccc([N+](=O)[O-])cc1NC(=O)C1c2ccccc2C(=O)N2CCc3ccccc3C12. The number of nitro benzene ring substituents is 1. The summed E-state index contributed by atoms with van der Waals surface area (Å²) in [5, 5.41) is 14.1. The third-order valence-corrected chi connectivity index (χ3v) is 6.37. The van der Waals surface area contributed by atoms with Crippen molar-refractivity contribution in [2.45, 2.75) is 18.4 Å². The normalized spacial score (nSPS) is 18.6. The van der Waals surface area contributed by atoms with Crippen LogP contribution in [0, 0.1) is 10.1 Å². The van der Waals surface area contributed by atoms with Crippen molar-refractivity contribution in [2.75, 3.05) is 19.0 Å². The molecular weight excluding hydrogens is 422 g/mol. The molecule has 33 heavy (non-hydrogen) atoms. The van der Waals surface area contributed by atoms with Crippen LogP contribution in [-0.4, -0.2) is 35.3 Å². The minimum absolute atomic E-state index is 0.0953. The van der Waals surface area contributed by atoms with E-state index in [1.807, 2.05) is 30.3 Å². The zero-order valence-corrected chi connectivity index (χ0v) is 17.9. The van der Waals surface area contributed by atoms with Crippen LogP contribution in [0.1, 0.15) is 39.0 Å². The van der Waals surface area contributed by atoms with Gasteiger partial charge in [0.15, 0.2) is 0 Å². The predicted octanol–water partition coefficient (Wildman–Crippen LogP) is 4.08. The van der Waals surface area contributed by atoms with Crippen molar-refractivity contribution in [3.63, 3.8) is 0 Å². The van der Waals surface area contributed by atoms with E-state index in [1.165, 1.54) is 25.3 Å². The molecule has 8 nitrogen and oxygen atoms in total. The van der Waals surface area contributed by atoms with E-state index < -0.39 is 16.9 Å². The lowest BCUT2D eigenvalue weighted by molar-refractivity contribution is -0.384. The molecule has 8 heteroatoms. The molecule has 166 valence electrons. The van der Waals surface area contributed by atoms with Crippen molar-refractivity contribution in [3.05, 3.63) is 99.1 Å². The van der Waals surface area contributed by atoms with Crippen molar-refractivity contribution < 1.29 is 19.2 Å². The molecule has 2 unspecified atom stereocenters. The van der Waals surface area contributed by atoms with Crippen molar-refractivity contribution in [1.82, 2.24) is 4.90 Å². The van der Waals surface area contributed by atoms with Gasteiger partial charge in [0.2, 0.25) is 5.91 Å². The van der Waals surface area contributed by atoms with Crippen LogP contribution in [0.3, 0.4) is 0 Å². The van der Waals surface area contributed by atoms with Gasteiger partial charge in [-0.1, -0.05) is 42.5 Å². The van der Waals surface area contributed by atoms with Crippen LogP contribution in [0.2, 0.25) is 0 Å². The van der Waals surface area contributed by atoms with Crippen molar-refractivity contribution in [1.29, 1.82) is 0 Å². The Morgan fingerprint density at radius 1 is 1.09 bits per heavy atom. The van der Waals surface area contributed by atoms with Gasteiger partial charge < -0.3 is 15.0 Å². The topological polar surface area (TPSA) is 102 Å². The number of hydrogen-bond acceptors (Lipinski definition) is 5. The van der Waals surface area contributed by atoms with Crippen LogP contribution in [0.5, 0.6) is 5.75 Å². The maximum atomic E-state index is 13.8. The fourth-order valence-corrected chi connectivity index (χ4v) is 4.88. The highest BCUT2D eigenvalue weighted by Gasteiger charge is 2.46. The fraction of sp³-hybridized carbons (Fsp3) is 0.200. The van der Waals surface area contributed by atoms with Crippen LogP contribution in [-0.2, 0) is 11.2 Å². The summed E-state index contributed by atoms with van der Waals surface area (Å²) in [6.07, 6.45) is 0.716. The number of carbonyl (C=O) groups is 2. The Kier molecular flexibility index (Phi) is 5.05. The summed E-state index contributed by atoms with van der Waals surface area (Å²) < 4.78 is 5.32. The van der Waals surface area contributed by atoms with Gasteiger partial charge in [-0.3, -0.25) is 19.7 Å². The molecule has 3 aromatic carbocycles. The third-order valence-electron chi connectivity index (χ3n) is 6.37. The average Bonchev–Trinajstić information content (AvgIpc) is 2.84. The van der Waals surface area contributed by atoms with E-state index >= 15 is 0 Å². The molecule has 0 aromatic heterocycles. The van der Waals surface area contributed by atoms with Crippen LogP contribution < -0.4 is 10.1 Å². The first kappa shape index (κ1) is 20.7. The number of amides is 2. The Bertz CT molecular complexity index is 1290. The van der Waals surface area contributed by atoms with Gasteiger partial charge in [0.05, 0.1) is 29.7 Å². The minimum Gasteiger partial charge on any atom is -0.495 e. The summed E-state index contributed by atoms with van der Waals surface area (Å²) in [6, 6.07) is 18.6. The van der Waals surface area contributed by atoms with Crippen LogP contribution in [0.4, 0.5) is 11.4 Å². The molecule has 0 saturated carbocycles. The zero-order chi connectivity index (χ0) is 23.1. The molecule has 3 aromatic rings. The van der Waals surface area contributed by atoms with Gasteiger partial charge in [-0.2, -0.15) is 0 Å². The second kappa shape index (κ2) is 8.05. The lowest BCUT2D eigenvalue weighted by Crippen LogP contribution is -2.49. The van der Waals surface area contributed by atoms with E-state index in [1.54, 1.807) is 23.1 Å². The van der Waals surface area contributed by atoms with E-state index in [2.05, 4.69) is 5.32 Å². The molecule has 2 amide bonds. The highest BCUT2D eigenvalue weighted by Crippen LogP contribution is 2.46. The number of methoxy groups -OCH3 is 1. The molecular formula is C25H21N3O5. The number of nitrogens with zero attached hydrogens (tertiary/aromatic N) is 2. The van der Waals surface area contributed by atoms with Crippen molar-refractivity contribution in [3.8, 4) is 5.75 Å².